The van der Waals surface area contributed by atoms with Gasteiger partial charge in [-0.05, 0) is 99.1 Å². The number of hydrogen-bond donors (Lipinski definition) is 2. The van der Waals surface area contributed by atoms with E-state index in [0.29, 0.717) is 69.9 Å². The van der Waals surface area contributed by atoms with Gasteiger partial charge in [0.25, 0.3) is 0 Å². The molecule has 3 aromatic rings. The van der Waals surface area contributed by atoms with E-state index in [2.05, 4.69) is 15.9 Å². The molecule has 2 unspecified atom stereocenters. The molecule has 2 aliphatic heterocycles. The third kappa shape index (κ3) is 6.84. The third-order valence-electron chi connectivity index (χ3n) is 12.3. The first kappa shape index (κ1) is 36.4. The summed E-state index contributed by atoms with van der Waals surface area (Å²) in [6, 6.07) is 18.9. The molecular weight excluding hydrogens is 685 g/mol. The Morgan fingerprint density at radius 2 is 1.75 bits per heavy atom. The maximum atomic E-state index is 13.0. The number of benzene rings is 3. The van der Waals surface area contributed by atoms with E-state index < -0.39 is 22.8 Å². The molecule has 11 heteroatoms. The van der Waals surface area contributed by atoms with Crippen LogP contribution >= 0.6 is 0 Å². The molecule has 1 saturated heterocycles. The molecule has 5 atom stereocenters. The van der Waals surface area contributed by atoms with Gasteiger partial charge >= 0.3 is 6.18 Å². The third-order valence-corrected chi connectivity index (χ3v) is 12.3. The molecule has 53 heavy (non-hydrogen) atoms. The highest BCUT2D eigenvalue weighted by Crippen LogP contribution is 2.67. The molecule has 1 spiro atoms. The number of halogens is 3. The minimum absolute atomic E-state index is 0.0677. The van der Waals surface area contributed by atoms with E-state index in [9.17, 15) is 23.4 Å². The van der Waals surface area contributed by atoms with Gasteiger partial charge in [0.1, 0.15) is 18.0 Å². The summed E-state index contributed by atoms with van der Waals surface area (Å²) in [6.45, 7) is 4.17. The summed E-state index contributed by atoms with van der Waals surface area (Å²) in [5.41, 5.74) is 2.17. The van der Waals surface area contributed by atoms with E-state index in [4.69, 9.17) is 18.9 Å². The minimum atomic E-state index is -4.39. The molecule has 2 saturated carbocycles. The number of aliphatic hydroxyl groups is 1. The second-order valence-corrected chi connectivity index (χ2v) is 15.4. The van der Waals surface area contributed by atoms with E-state index in [1.54, 1.807) is 6.07 Å². The number of likely N-dealkylation sites (tertiary alicyclic amines) is 1. The lowest BCUT2D eigenvalue weighted by molar-refractivity contribution is -0.176. The summed E-state index contributed by atoms with van der Waals surface area (Å²) in [4.78, 5) is 4.71. The molecule has 8 rings (SSSR count). The fourth-order valence-corrected chi connectivity index (χ4v) is 9.47. The largest absolute Gasteiger partial charge is 0.504 e. The van der Waals surface area contributed by atoms with Gasteiger partial charge in [0, 0.05) is 37.2 Å². The average Bonchev–Trinajstić information content (AvgIpc) is 3.92. The van der Waals surface area contributed by atoms with Crippen molar-refractivity contribution >= 4 is 0 Å². The van der Waals surface area contributed by atoms with Gasteiger partial charge in [-0.25, -0.2) is 0 Å². The molecule has 0 amide bonds. The molecule has 3 aromatic carbocycles. The highest BCUT2D eigenvalue weighted by atomic mass is 19.4. The van der Waals surface area contributed by atoms with Crippen molar-refractivity contribution in [2.75, 3.05) is 53.1 Å². The first-order chi connectivity index (χ1) is 25.6. The minimum Gasteiger partial charge on any atom is -0.504 e. The van der Waals surface area contributed by atoms with Crippen LogP contribution in [0.5, 0.6) is 17.2 Å². The number of piperidine rings is 1. The van der Waals surface area contributed by atoms with Gasteiger partial charge < -0.3 is 34.1 Å². The van der Waals surface area contributed by atoms with Crippen LogP contribution in [-0.2, 0) is 27.5 Å². The monoisotopic (exact) mass is 734 g/mol. The standard InChI is InChI=1S/C42H49F3N2O6/c1-46(20-16-35(28-5-3-2-4-6-28)52-33-12-8-31(9-13-33)42(43,44)45)22-24-51-26-25-50-23-17-29-15-18-41(49)36-27-30-7-14-34(48)38-37(30)40(41,39(29)53-38)19-21-47(36)32-10-11-32/h2-9,12-14,17,32,35-36,39,48-49H,10-11,15-16,18-27H2,1H3/b29-17-/t35?,36-,39?,40+,41-/m1/s1. The van der Waals surface area contributed by atoms with Crippen LogP contribution in [0.3, 0.4) is 0 Å². The molecular formula is C42H49F3N2O6. The predicted molar refractivity (Wildman–Crippen MR) is 193 cm³/mol. The molecule has 2 N–H and O–H groups in total. The number of ether oxygens (including phenoxy) is 4. The van der Waals surface area contributed by atoms with Crippen LogP contribution in [-0.4, -0.2) is 96.9 Å². The Labute approximate surface area is 309 Å². The molecule has 2 bridgehead atoms. The van der Waals surface area contributed by atoms with E-state index >= 15 is 0 Å². The van der Waals surface area contributed by atoms with Gasteiger partial charge in [-0.15, -0.1) is 0 Å². The highest BCUT2D eigenvalue weighted by Gasteiger charge is 2.72. The molecule has 0 radical (unpaired) electrons. The molecule has 284 valence electrons. The SMILES string of the molecule is CN(CCOCCOC/C=C1/CC[C@@]2(O)[C@H]3Cc4ccc(O)c5c4[C@@]2(CCN3C2CC2)C1O5)CCC(Oc1ccc(C(F)(F)F)cc1)c1ccccc1. The van der Waals surface area contributed by atoms with Crippen molar-refractivity contribution in [2.24, 2.45) is 0 Å². The second kappa shape index (κ2) is 14.6. The quantitative estimate of drug-likeness (QED) is 0.130. The average molecular weight is 735 g/mol. The van der Waals surface area contributed by atoms with Crippen LogP contribution in [0.25, 0.3) is 0 Å². The lowest BCUT2D eigenvalue weighted by atomic mass is 9.48. The topological polar surface area (TPSA) is 83.9 Å². The first-order valence-electron chi connectivity index (χ1n) is 19.0. The molecule has 2 heterocycles. The number of likely N-dealkylation sites (N-methyl/N-ethyl adjacent to an activating group) is 1. The Bertz CT molecular complexity index is 1780. The van der Waals surface area contributed by atoms with Crippen LogP contribution in [0, 0.1) is 0 Å². The smallest absolute Gasteiger partial charge is 0.416 e. The lowest BCUT2D eigenvalue weighted by Crippen LogP contribution is -2.75. The van der Waals surface area contributed by atoms with Crippen LogP contribution in [0.2, 0.25) is 0 Å². The molecule has 3 aliphatic carbocycles. The number of alkyl halides is 3. The van der Waals surface area contributed by atoms with Crippen molar-refractivity contribution in [3.8, 4) is 17.2 Å². The zero-order valence-corrected chi connectivity index (χ0v) is 30.2. The van der Waals surface area contributed by atoms with Crippen molar-refractivity contribution in [3.05, 3.63) is 101 Å². The molecule has 8 nitrogen and oxygen atoms in total. The van der Waals surface area contributed by atoms with Crippen molar-refractivity contribution < 1.29 is 42.3 Å². The number of rotatable bonds is 15. The first-order valence-corrected chi connectivity index (χ1v) is 19.0. The van der Waals surface area contributed by atoms with Crippen LogP contribution in [0.15, 0.2) is 78.4 Å². The highest BCUT2D eigenvalue weighted by molar-refractivity contribution is 5.64. The molecule has 0 aromatic heterocycles. The summed E-state index contributed by atoms with van der Waals surface area (Å²) >= 11 is 0. The summed E-state index contributed by atoms with van der Waals surface area (Å²) < 4.78 is 63.7. The Balaban J connectivity index is 0.801. The maximum absolute atomic E-state index is 13.0. The summed E-state index contributed by atoms with van der Waals surface area (Å²) in [6.07, 6.45) is 3.15. The van der Waals surface area contributed by atoms with E-state index in [1.165, 1.54) is 30.5 Å². The number of phenolic OH excluding ortho intramolecular Hbond substituents is 1. The number of hydrogen-bond acceptors (Lipinski definition) is 8. The van der Waals surface area contributed by atoms with E-state index in [1.807, 2.05) is 43.4 Å². The van der Waals surface area contributed by atoms with Gasteiger partial charge in [0.05, 0.1) is 43.0 Å². The second-order valence-electron chi connectivity index (χ2n) is 15.4. The fraction of sp³-hybridized carbons (Fsp3) is 0.524. The lowest BCUT2D eigenvalue weighted by Gasteiger charge is -2.63. The summed E-state index contributed by atoms with van der Waals surface area (Å²) in [7, 11) is 2.01. The van der Waals surface area contributed by atoms with Crippen molar-refractivity contribution in [3.63, 3.8) is 0 Å². The Hall–Kier alpha value is -3.61. The number of aromatic hydroxyl groups is 1. The van der Waals surface area contributed by atoms with E-state index in [0.717, 1.165) is 54.6 Å². The predicted octanol–water partition coefficient (Wildman–Crippen LogP) is 6.83. The normalized spacial score (nSPS) is 27.5. The number of nitrogens with zero attached hydrogens (tertiary/aromatic N) is 2. The van der Waals surface area contributed by atoms with Crippen LogP contribution in [0.1, 0.15) is 66.9 Å². The van der Waals surface area contributed by atoms with Crippen LogP contribution < -0.4 is 9.47 Å². The van der Waals surface area contributed by atoms with Gasteiger partial charge in [-0.2, -0.15) is 13.2 Å². The van der Waals surface area contributed by atoms with Gasteiger partial charge in [-0.1, -0.05) is 42.5 Å². The van der Waals surface area contributed by atoms with Gasteiger partial charge in [0.15, 0.2) is 11.5 Å². The van der Waals surface area contributed by atoms with Gasteiger partial charge in [0.2, 0.25) is 0 Å². The zero-order chi connectivity index (χ0) is 36.8. The summed E-state index contributed by atoms with van der Waals surface area (Å²) in [5.74, 6) is 1.10. The Morgan fingerprint density at radius 3 is 2.51 bits per heavy atom. The maximum Gasteiger partial charge on any atom is 0.416 e. The molecule has 3 fully saturated rings. The fourth-order valence-electron chi connectivity index (χ4n) is 9.47. The van der Waals surface area contributed by atoms with E-state index in [-0.39, 0.29) is 24.0 Å². The Kier molecular flexibility index (Phi) is 9.99. The van der Waals surface area contributed by atoms with Crippen molar-refractivity contribution in [1.82, 2.24) is 9.80 Å². The molecule has 5 aliphatic rings. The van der Waals surface area contributed by atoms with Crippen molar-refractivity contribution in [2.45, 2.75) is 86.4 Å². The Morgan fingerprint density at radius 1 is 0.981 bits per heavy atom. The summed E-state index contributed by atoms with van der Waals surface area (Å²) in [5, 5.41) is 23.4. The zero-order valence-electron chi connectivity index (χ0n) is 30.2. The number of phenols is 1. The van der Waals surface area contributed by atoms with Gasteiger partial charge in [-0.3, -0.25) is 4.90 Å². The van der Waals surface area contributed by atoms with Crippen molar-refractivity contribution in [1.29, 1.82) is 0 Å². The van der Waals surface area contributed by atoms with Crippen LogP contribution in [0.4, 0.5) is 13.2 Å².